The van der Waals surface area contributed by atoms with Crippen molar-refractivity contribution in [1.82, 2.24) is 15.1 Å². The van der Waals surface area contributed by atoms with Gasteiger partial charge in [0.2, 0.25) is 0 Å². The molecule has 7 nitrogen and oxygen atoms in total. The molecule has 0 amide bonds. The topological polar surface area (TPSA) is 101 Å². The fraction of sp³-hybridized carbons (Fsp3) is 0.294. The molecule has 0 radical (unpaired) electrons. The Morgan fingerprint density at radius 2 is 1.93 bits per heavy atom. The van der Waals surface area contributed by atoms with E-state index < -0.39 is 21.7 Å². The molecule has 0 bridgehead atoms. The van der Waals surface area contributed by atoms with Gasteiger partial charge in [0.05, 0.1) is 11.3 Å². The number of halogens is 2. The van der Waals surface area contributed by atoms with Crippen LogP contribution in [-0.2, 0) is 10.0 Å². The predicted octanol–water partition coefficient (Wildman–Crippen LogP) is 3.64. The number of hydrogen-bond donors (Lipinski definition) is 2. The molecule has 27 heavy (non-hydrogen) atoms. The summed E-state index contributed by atoms with van der Waals surface area (Å²) in [5, 5.41) is 3.93. The number of nitrogens with one attached hydrogen (secondary N) is 2. The third-order valence-corrected chi connectivity index (χ3v) is 5.91. The van der Waals surface area contributed by atoms with Crippen LogP contribution in [0.4, 0.5) is 14.5 Å². The minimum Gasteiger partial charge on any atom is -0.361 e. The number of hydrogen-bond acceptors (Lipinski definition) is 5. The number of H-pyrrole nitrogens is 1. The first-order valence-electron chi connectivity index (χ1n) is 8.27. The van der Waals surface area contributed by atoms with Crippen molar-refractivity contribution >= 4 is 15.7 Å². The second-order valence-corrected chi connectivity index (χ2v) is 8.16. The molecule has 2 aromatic heterocycles. The van der Waals surface area contributed by atoms with Gasteiger partial charge in [-0.05, 0) is 38.8 Å². The van der Waals surface area contributed by atoms with Crippen molar-refractivity contribution in [2.75, 3.05) is 4.72 Å². The van der Waals surface area contributed by atoms with Crippen molar-refractivity contribution in [1.29, 1.82) is 0 Å². The second kappa shape index (κ2) is 6.15. The van der Waals surface area contributed by atoms with E-state index in [1.807, 2.05) is 0 Å². The first-order valence-corrected chi connectivity index (χ1v) is 9.75. The Kier molecular flexibility index (Phi) is 4.02. The smallest absolute Gasteiger partial charge is 0.264 e. The molecule has 142 valence electrons. The maximum Gasteiger partial charge on any atom is 0.264 e. The molecule has 0 unspecified atom stereocenters. The molecular weight excluding hydrogens is 378 g/mol. The van der Waals surface area contributed by atoms with Gasteiger partial charge in [-0.3, -0.25) is 4.72 Å². The first kappa shape index (κ1) is 17.7. The molecule has 1 aliphatic rings. The summed E-state index contributed by atoms with van der Waals surface area (Å²) < 4.78 is 59.9. The highest BCUT2D eigenvalue weighted by atomic mass is 32.2. The summed E-state index contributed by atoms with van der Waals surface area (Å²) >= 11 is 0. The van der Waals surface area contributed by atoms with E-state index in [0.717, 1.165) is 31.0 Å². The van der Waals surface area contributed by atoms with Crippen LogP contribution in [0.15, 0.2) is 27.6 Å². The van der Waals surface area contributed by atoms with Gasteiger partial charge >= 0.3 is 0 Å². The summed E-state index contributed by atoms with van der Waals surface area (Å²) in [7, 11) is -4.13. The van der Waals surface area contributed by atoms with Crippen LogP contribution in [0.25, 0.3) is 11.5 Å². The Hall–Kier alpha value is -2.75. The molecular formula is C17H16F2N4O3S. The van der Waals surface area contributed by atoms with Crippen LogP contribution in [0.2, 0.25) is 0 Å². The summed E-state index contributed by atoms with van der Waals surface area (Å²) in [6, 6.07) is 2.77. The Morgan fingerprint density at radius 3 is 2.59 bits per heavy atom. The second-order valence-electron chi connectivity index (χ2n) is 6.55. The van der Waals surface area contributed by atoms with Crippen molar-refractivity contribution in [3.63, 3.8) is 0 Å². The predicted molar refractivity (Wildman–Crippen MR) is 92.7 cm³/mol. The molecule has 4 rings (SSSR count). The highest BCUT2D eigenvalue weighted by Crippen LogP contribution is 2.40. The standard InChI is InChI=1S/C17H16F2N4O3S/c1-8-14(17-21-16(22-26-17)10-3-4-10)15(9(2)20-8)27(24,25)23-11-5-6-12(18)13(19)7-11/h5-7,10,20,23H,3-4H2,1-2H3. The number of rotatable bonds is 5. The van der Waals surface area contributed by atoms with Gasteiger partial charge in [-0.15, -0.1) is 0 Å². The van der Waals surface area contributed by atoms with Crippen molar-refractivity contribution < 1.29 is 21.7 Å². The molecule has 2 N–H and O–H groups in total. The normalized spacial score (nSPS) is 14.5. The lowest BCUT2D eigenvalue weighted by Crippen LogP contribution is -2.14. The zero-order valence-corrected chi connectivity index (χ0v) is 15.3. The van der Waals surface area contributed by atoms with Crippen LogP contribution >= 0.6 is 0 Å². The fourth-order valence-electron chi connectivity index (χ4n) is 2.96. The molecule has 3 aromatic rings. The van der Waals surface area contributed by atoms with E-state index >= 15 is 0 Å². The van der Waals surface area contributed by atoms with Crippen LogP contribution in [0.5, 0.6) is 0 Å². The van der Waals surface area contributed by atoms with Crippen molar-refractivity contribution in [3.05, 3.63) is 47.0 Å². The monoisotopic (exact) mass is 394 g/mol. The zero-order chi connectivity index (χ0) is 19.3. The van der Waals surface area contributed by atoms with E-state index in [4.69, 9.17) is 4.52 Å². The molecule has 0 spiro atoms. The Labute approximate surface area is 153 Å². The maximum atomic E-state index is 13.4. The molecule has 1 aliphatic carbocycles. The fourth-order valence-corrected chi connectivity index (χ4v) is 4.46. The van der Waals surface area contributed by atoms with Gasteiger partial charge < -0.3 is 9.51 Å². The maximum absolute atomic E-state index is 13.4. The van der Waals surface area contributed by atoms with Crippen LogP contribution in [0.1, 0.15) is 36.0 Å². The molecule has 1 aromatic carbocycles. The Balaban J connectivity index is 1.76. The minimum absolute atomic E-state index is 0.0734. The van der Waals surface area contributed by atoms with Gasteiger partial charge in [0, 0.05) is 23.4 Å². The molecule has 0 aliphatic heterocycles. The molecule has 0 saturated heterocycles. The first-order chi connectivity index (χ1) is 12.8. The third kappa shape index (κ3) is 3.20. The van der Waals surface area contributed by atoms with Crippen molar-refractivity contribution in [2.45, 2.75) is 37.5 Å². The quantitative estimate of drug-likeness (QED) is 0.688. The lowest BCUT2D eigenvalue weighted by molar-refractivity contribution is 0.421. The Morgan fingerprint density at radius 1 is 1.19 bits per heavy atom. The van der Waals surface area contributed by atoms with E-state index in [-0.39, 0.29) is 28.0 Å². The van der Waals surface area contributed by atoms with E-state index in [1.54, 1.807) is 13.8 Å². The molecule has 1 saturated carbocycles. The average Bonchev–Trinajstić information content (AvgIpc) is 3.24. The van der Waals surface area contributed by atoms with Gasteiger partial charge in [0.15, 0.2) is 17.5 Å². The summed E-state index contributed by atoms with van der Waals surface area (Å²) in [6.07, 6.45) is 1.96. The summed E-state index contributed by atoms with van der Waals surface area (Å²) in [5.41, 5.74) is 1.08. The van der Waals surface area contributed by atoms with Crippen LogP contribution in [0.3, 0.4) is 0 Å². The van der Waals surface area contributed by atoms with Gasteiger partial charge in [0.1, 0.15) is 4.90 Å². The minimum atomic E-state index is -4.13. The van der Waals surface area contributed by atoms with Crippen molar-refractivity contribution in [2.24, 2.45) is 0 Å². The van der Waals surface area contributed by atoms with E-state index in [0.29, 0.717) is 17.2 Å². The largest absolute Gasteiger partial charge is 0.361 e. The van der Waals surface area contributed by atoms with Crippen LogP contribution in [-0.4, -0.2) is 23.5 Å². The summed E-state index contributed by atoms with van der Waals surface area (Å²) in [6.45, 7) is 3.29. The number of benzene rings is 1. The zero-order valence-electron chi connectivity index (χ0n) is 14.5. The van der Waals surface area contributed by atoms with Gasteiger partial charge in [-0.25, -0.2) is 17.2 Å². The van der Waals surface area contributed by atoms with E-state index in [1.165, 1.54) is 0 Å². The highest BCUT2D eigenvalue weighted by molar-refractivity contribution is 7.93. The van der Waals surface area contributed by atoms with Crippen LogP contribution in [0, 0.1) is 25.5 Å². The van der Waals surface area contributed by atoms with E-state index in [9.17, 15) is 17.2 Å². The van der Waals surface area contributed by atoms with Gasteiger partial charge in [-0.1, -0.05) is 5.16 Å². The number of aryl methyl sites for hydroxylation is 2. The summed E-state index contributed by atoms with van der Waals surface area (Å²) in [5.74, 6) is -1.30. The summed E-state index contributed by atoms with van der Waals surface area (Å²) in [4.78, 5) is 7.21. The SMILES string of the molecule is Cc1[nH]c(C)c(S(=O)(=O)Nc2ccc(F)c(F)c2)c1-c1nc(C2CC2)no1. The van der Waals surface area contributed by atoms with Gasteiger partial charge in [-0.2, -0.15) is 4.98 Å². The number of aromatic nitrogens is 3. The molecule has 0 atom stereocenters. The number of sulfonamides is 1. The number of anilines is 1. The number of nitrogens with zero attached hydrogens (tertiary/aromatic N) is 2. The van der Waals surface area contributed by atoms with Crippen molar-refractivity contribution in [3.8, 4) is 11.5 Å². The number of aromatic amines is 1. The molecule has 10 heteroatoms. The highest BCUT2D eigenvalue weighted by Gasteiger charge is 2.33. The lowest BCUT2D eigenvalue weighted by Gasteiger charge is -2.09. The third-order valence-electron chi connectivity index (χ3n) is 4.36. The Bertz CT molecular complexity index is 1130. The molecule has 1 fully saturated rings. The van der Waals surface area contributed by atoms with E-state index in [2.05, 4.69) is 19.8 Å². The lowest BCUT2D eigenvalue weighted by atomic mass is 10.2. The van der Waals surface area contributed by atoms with Gasteiger partial charge in [0.25, 0.3) is 15.9 Å². The van der Waals surface area contributed by atoms with Crippen LogP contribution < -0.4 is 4.72 Å². The molecule has 2 heterocycles. The average molecular weight is 394 g/mol.